The van der Waals surface area contributed by atoms with Crippen LogP contribution in [-0.4, -0.2) is 21.8 Å². The Morgan fingerprint density at radius 1 is 1.47 bits per heavy atom. The predicted octanol–water partition coefficient (Wildman–Crippen LogP) is 3.09. The van der Waals surface area contributed by atoms with Crippen molar-refractivity contribution in [2.75, 3.05) is 0 Å². The molecule has 98 valence electrons. The molecule has 0 unspecified atom stereocenters. The highest BCUT2D eigenvalue weighted by atomic mass is 32.1. The van der Waals surface area contributed by atoms with Crippen LogP contribution in [0.2, 0.25) is 0 Å². The first-order valence-corrected chi connectivity index (χ1v) is 7.12. The van der Waals surface area contributed by atoms with Crippen molar-refractivity contribution in [1.29, 1.82) is 0 Å². The standard InChI is InChI=1S/C14H13FN2OS/c15-13-12(2-1-6-16-13)14(18)17(11-3-4-11)8-10-5-7-19-9-10/h1-2,5-7,9,11H,3-4,8H2. The number of amides is 1. The number of carbonyl (C=O) groups is 1. The van der Waals surface area contributed by atoms with Crippen LogP contribution in [0.5, 0.6) is 0 Å². The molecular weight excluding hydrogens is 263 g/mol. The number of hydrogen-bond donors (Lipinski definition) is 0. The zero-order valence-electron chi connectivity index (χ0n) is 10.3. The van der Waals surface area contributed by atoms with E-state index in [4.69, 9.17) is 0 Å². The number of thiophene rings is 1. The van der Waals surface area contributed by atoms with Gasteiger partial charge in [-0.3, -0.25) is 4.79 Å². The summed E-state index contributed by atoms with van der Waals surface area (Å²) in [5.41, 5.74) is 1.15. The summed E-state index contributed by atoms with van der Waals surface area (Å²) in [4.78, 5) is 17.7. The van der Waals surface area contributed by atoms with Crippen molar-refractivity contribution in [2.45, 2.75) is 25.4 Å². The lowest BCUT2D eigenvalue weighted by molar-refractivity contribution is 0.0724. The molecule has 0 N–H and O–H groups in total. The lowest BCUT2D eigenvalue weighted by Crippen LogP contribution is -2.33. The zero-order valence-corrected chi connectivity index (χ0v) is 11.1. The number of nitrogens with zero attached hydrogens (tertiary/aromatic N) is 2. The minimum Gasteiger partial charge on any atom is -0.331 e. The molecule has 0 spiro atoms. The Morgan fingerprint density at radius 2 is 2.32 bits per heavy atom. The Kier molecular flexibility index (Phi) is 3.29. The molecule has 19 heavy (non-hydrogen) atoms. The van der Waals surface area contributed by atoms with Crippen LogP contribution in [0.3, 0.4) is 0 Å². The average molecular weight is 276 g/mol. The third-order valence-corrected chi connectivity index (χ3v) is 3.90. The number of rotatable bonds is 4. The summed E-state index contributed by atoms with van der Waals surface area (Å²) < 4.78 is 13.6. The normalized spacial score (nSPS) is 14.4. The molecule has 1 saturated carbocycles. The molecule has 1 aliphatic carbocycles. The van der Waals surface area contributed by atoms with Crippen LogP contribution in [0.1, 0.15) is 28.8 Å². The molecule has 0 saturated heterocycles. The molecule has 3 rings (SSSR count). The van der Waals surface area contributed by atoms with Gasteiger partial charge < -0.3 is 4.90 Å². The fourth-order valence-electron chi connectivity index (χ4n) is 2.03. The van der Waals surface area contributed by atoms with E-state index in [1.807, 2.05) is 16.8 Å². The smallest absolute Gasteiger partial charge is 0.259 e. The molecule has 3 nitrogen and oxygen atoms in total. The van der Waals surface area contributed by atoms with Gasteiger partial charge in [0.15, 0.2) is 0 Å². The highest BCUT2D eigenvalue weighted by Gasteiger charge is 2.34. The topological polar surface area (TPSA) is 33.2 Å². The van der Waals surface area contributed by atoms with E-state index >= 15 is 0 Å². The Balaban J connectivity index is 1.84. The van der Waals surface area contributed by atoms with Gasteiger partial charge in [0.05, 0.1) is 5.56 Å². The third kappa shape index (κ3) is 2.66. The van der Waals surface area contributed by atoms with Crippen LogP contribution in [-0.2, 0) is 6.54 Å². The quantitative estimate of drug-likeness (QED) is 0.804. The van der Waals surface area contributed by atoms with Crippen LogP contribution in [0, 0.1) is 5.95 Å². The van der Waals surface area contributed by atoms with E-state index in [0.29, 0.717) is 6.54 Å². The van der Waals surface area contributed by atoms with Crippen molar-refractivity contribution in [3.63, 3.8) is 0 Å². The first kappa shape index (κ1) is 12.3. The minimum absolute atomic E-state index is 0.0598. The predicted molar refractivity (Wildman–Crippen MR) is 71.4 cm³/mol. The molecule has 0 aromatic carbocycles. The molecule has 2 aromatic rings. The number of aromatic nitrogens is 1. The van der Waals surface area contributed by atoms with Crippen LogP contribution in [0.15, 0.2) is 35.2 Å². The van der Waals surface area contributed by atoms with Gasteiger partial charge in [-0.2, -0.15) is 15.7 Å². The molecule has 1 fully saturated rings. The number of carbonyl (C=O) groups excluding carboxylic acids is 1. The largest absolute Gasteiger partial charge is 0.331 e. The summed E-state index contributed by atoms with van der Waals surface area (Å²) in [5, 5.41) is 4.00. The van der Waals surface area contributed by atoms with Gasteiger partial charge >= 0.3 is 0 Å². The monoisotopic (exact) mass is 276 g/mol. The number of hydrogen-bond acceptors (Lipinski definition) is 3. The lowest BCUT2D eigenvalue weighted by atomic mass is 10.2. The summed E-state index contributed by atoms with van der Waals surface area (Å²) in [7, 11) is 0. The van der Waals surface area contributed by atoms with Crippen LogP contribution in [0.25, 0.3) is 0 Å². The molecule has 5 heteroatoms. The maximum absolute atomic E-state index is 13.6. The number of pyridine rings is 1. The van der Waals surface area contributed by atoms with E-state index in [2.05, 4.69) is 4.98 Å². The second-order valence-electron chi connectivity index (χ2n) is 4.64. The Hall–Kier alpha value is -1.75. The minimum atomic E-state index is -0.691. The van der Waals surface area contributed by atoms with Crippen molar-refractivity contribution in [1.82, 2.24) is 9.88 Å². The van der Waals surface area contributed by atoms with Gasteiger partial charge in [-0.1, -0.05) is 0 Å². The molecule has 2 aromatic heterocycles. The average Bonchev–Trinajstić information content (AvgIpc) is 3.13. The Bertz CT molecular complexity index is 581. The van der Waals surface area contributed by atoms with Gasteiger partial charge in [-0.05, 0) is 47.4 Å². The third-order valence-electron chi connectivity index (χ3n) is 3.17. The molecule has 2 heterocycles. The molecule has 0 aliphatic heterocycles. The molecule has 1 aliphatic rings. The van der Waals surface area contributed by atoms with E-state index < -0.39 is 5.95 Å². The van der Waals surface area contributed by atoms with Gasteiger partial charge in [-0.15, -0.1) is 0 Å². The Morgan fingerprint density at radius 3 is 2.95 bits per heavy atom. The van der Waals surface area contributed by atoms with E-state index in [0.717, 1.165) is 18.4 Å². The fourth-order valence-corrected chi connectivity index (χ4v) is 2.69. The molecule has 0 radical (unpaired) electrons. The summed E-state index contributed by atoms with van der Waals surface area (Å²) in [6, 6.07) is 5.32. The van der Waals surface area contributed by atoms with Gasteiger partial charge in [0.1, 0.15) is 0 Å². The lowest BCUT2D eigenvalue weighted by Gasteiger charge is -2.22. The zero-order chi connectivity index (χ0) is 13.2. The van der Waals surface area contributed by atoms with E-state index in [1.54, 1.807) is 22.3 Å². The highest BCUT2D eigenvalue weighted by Crippen LogP contribution is 2.30. The second kappa shape index (κ2) is 5.09. The van der Waals surface area contributed by atoms with Gasteiger partial charge in [0, 0.05) is 18.8 Å². The van der Waals surface area contributed by atoms with Crippen molar-refractivity contribution in [2.24, 2.45) is 0 Å². The van der Waals surface area contributed by atoms with Crippen LogP contribution < -0.4 is 0 Å². The molecular formula is C14H13FN2OS. The second-order valence-corrected chi connectivity index (χ2v) is 5.42. The van der Waals surface area contributed by atoms with E-state index in [1.165, 1.54) is 12.3 Å². The first-order chi connectivity index (χ1) is 9.25. The Labute approximate surface area is 114 Å². The van der Waals surface area contributed by atoms with Crippen molar-refractivity contribution in [3.8, 4) is 0 Å². The van der Waals surface area contributed by atoms with Crippen molar-refractivity contribution in [3.05, 3.63) is 52.2 Å². The molecule has 0 atom stereocenters. The van der Waals surface area contributed by atoms with Crippen LogP contribution in [0.4, 0.5) is 4.39 Å². The fraction of sp³-hybridized carbons (Fsp3) is 0.286. The summed E-state index contributed by atoms with van der Waals surface area (Å²) in [6.07, 6.45) is 3.35. The molecule has 1 amide bonds. The summed E-state index contributed by atoms with van der Waals surface area (Å²) in [5.74, 6) is -0.956. The summed E-state index contributed by atoms with van der Waals surface area (Å²) in [6.45, 7) is 0.543. The van der Waals surface area contributed by atoms with Gasteiger partial charge in [0.25, 0.3) is 5.91 Å². The SMILES string of the molecule is O=C(c1cccnc1F)N(Cc1ccsc1)C1CC1. The number of halogens is 1. The van der Waals surface area contributed by atoms with E-state index in [-0.39, 0.29) is 17.5 Å². The maximum atomic E-state index is 13.6. The van der Waals surface area contributed by atoms with Gasteiger partial charge in [-0.25, -0.2) is 4.98 Å². The highest BCUT2D eigenvalue weighted by molar-refractivity contribution is 7.07. The van der Waals surface area contributed by atoms with Crippen LogP contribution >= 0.6 is 11.3 Å². The maximum Gasteiger partial charge on any atom is 0.259 e. The van der Waals surface area contributed by atoms with E-state index in [9.17, 15) is 9.18 Å². The summed E-state index contributed by atoms with van der Waals surface area (Å²) >= 11 is 1.60. The first-order valence-electron chi connectivity index (χ1n) is 6.18. The van der Waals surface area contributed by atoms with Crippen molar-refractivity contribution < 1.29 is 9.18 Å². The van der Waals surface area contributed by atoms with Gasteiger partial charge in [0.2, 0.25) is 5.95 Å². The molecule has 0 bridgehead atoms. The van der Waals surface area contributed by atoms with Crippen molar-refractivity contribution >= 4 is 17.2 Å².